The van der Waals surface area contributed by atoms with Crippen molar-refractivity contribution in [2.45, 2.75) is 0 Å². The highest BCUT2D eigenvalue weighted by Crippen LogP contribution is 2.28. The number of halogens is 1. The van der Waals surface area contributed by atoms with Crippen LogP contribution in [0, 0.1) is 13.7 Å². The summed E-state index contributed by atoms with van der Waals surface area (Å²) in [6, 6.07) is 9.34. The van der Waals surface area contributed by atoms with Crippen LogP contribution in [0.3, 0.4) is 0 Å². The van der Waals surface area contributed by atoms with E-state index in [-0.39, 0.29) is 17.2 Å². The third-order valence-electron chi connectivity index (χ3n) is 2.42. The number of para-hydroxylation sites is 1. The third kappa shape index (κ3) is 3.02. The number of carbonyl (C=O) groups is 1. The minimum atomic E-state index is -1.24. The molecule has 0 atom stereocenters. The molecule has 0 bridgehead atoms. The molecule has 20 heavy (non-hydrogen) atoms. The first-order chi connectivity index (χ1) is 9.49. The summed E-state index contributed by atoms with van der Waals surface area (Å²) in [5.74, 6) is -1.34. The average Bonchev–Trinajstić information content (AvgIpc) is 2.41. The Morgan fingerprint density at radius 1 is 1.30 bits per heavy atom. The molecular weight excluding hydrogens is 377 g/mol. The van der Waals surface area contributed by atoms with Crippen LogP contribution in [0.1, 0.15) is 10.5 Å². The van der Waals surface area contributed by atoms with Crippen molar-refractivity contribution in [2.75, 3.05) is 5.32 Å². The number of pyridine rings is 1. The van der Waals surface area contributed by atoms with Gasteiger partial charge in [0.25, 0.3) is 0 Å². The predicted octanol–water partition coefficient (Wildman–Crippen LogP) is 3.04. The Bertz CT molecular complexity index is 690. The number of hydrogen-bond acceptors (Lipinski definition) is 5. The first-order valence-corrected chi connectivity index (χ1v) is 6.47. The molecule has 0 amide bonds. The minimum Gasteiger partial charge on any atom is -0.477 e. The predicted molar refractivity (Wildman–Crippen MR) is 80.3 cm³/mol. The lowest BCUT2D eigenvalue weighted by atomic mass is 10.3. The molecule has 2 aromatic rings. The van der Waals surface area contributed by atoms with Crippen LogP contribution in [0.2, 0.25) is 0 Å². The highest BCUT2D eigenvalue weighted by atomic mass is 127. The van der Waals surface area contributed by atoms with E-state index in [4.69, 9.17) is 5.11 Å². The minimum absolute atomic E-state index is 0.0981. The smallest absolute Gasteiger partial charge is 0.354 e. The number of aromatic nitrogens is 1. The Morgan fingerprint density at radius 3 is 2.60 bits per heavy atom. The van der Waals surface area contributed by atoms with Gasteiger partial charge in [-0.15, -0.1) is 0 Å². The maximum absolute atomic E-state index is 11.0. The van der Waals surface area contributed by atoms with Crippen molar-refractivity contribution in [3.05, 3.63) is 55.8 Å². The van der Waals surface area contributed by atoms with Gasteiger partial charge in [-0.3, -0.25) is 10.1 Å². The lowest BCUT2D eigenvalue weighted by Crippen LogP contribution is -2.06. The number of carboxylic acid groups (broad SMARTS) is 1. The van der Waals surface area contributed by atoms with E-state index in [9.17, 15) is 14.9 Å². The van der Waals surface area contributed by atoms with Gasteiger partial charge in [0.15, 0.2) is 5.69 Å². The largest absolute Gasteiger partial charge is 0.477 e. The second-order valence-electron chi connectivity index (χ2n) is 3.73. The van der Waals surface area contributed by atoms with E-state index in [2.05, 4.69) is 32.9 Å². The van der Waals surface area contributed by atoms with Gasteiger partial charge in [-0.1, -0.05) is 12.1 Å². The van der Waals surface area contributed by atoms with Crippen molar-refractivity contribution in [2.24, 2.45) is 0 Å². The van der Waals surface area contributed by atoms with Crippen molar-refractivity contribution < 1.29 is 14.8 Å². The molecule has 0 spiro atoms. The first-order valence-electron chi connectivity index (χ1n) is 5.39. The van der Waals surface area contributed by atoms with Crippen molar-refractivity contribution in [3.8, 4) is 0 Å². The summed E-state index contributed by atoms with van der Waals surface area (Å²) in [5, 5.41) is 22.6. The molecule has 0 saturated heterocycles. The summed E-state index contributed by atoms with van der Waals surface area (Å²) in [5.41, 5.74) is 0.0740. The zero-order chi connectivity index (χ0) is 14.7. The number of benzene rings is 1. The topological polar surface area (TPSA) is 105 Å². The fraction of sp³-hybridized carbons (Fsp3) is 0. The molecule has 1 aromatic carbocycles. The summed E-state index contributed by atoms with van der Waals surface area (Å²) in [4.78, 5) is 25.0. The highest BCUT2D eigenvalue weighted by molar-refractivity contribution is 14.1. The van der Waals surface area contributed by atoms with Crippen LogP contribution in [0.4, 0.5) is 17.2 Å². The van der Waals surface area contributed by atoms with Crippen LogP contribution in [0.5, 0.6) is 0 Å². The molecule has 0 saturated carbocycles. The lowest BCUT2D eigenvalue weighted by molar-refractivity contribution is -0.384. The van der Waals surface area contributed by atoms with Crippen molar-refractivity contribution in [1.82, 2.24) is 4.98 Å². The average molecular weight is 385 g/mol. The van der Waals surface area contributed by atoms with E-state index in [0.717, 1.165) is 15.7 Å². The Morgan fingerprint density at radius 2 is 2.00 bits per heavy atom. The fourth-order valence-corrected chi connectivity index (χ4v) is 2.02. The standard InChI is InChI=1S/C12H8IN3O4/c13-7-3-1-2-4-8(7)14-11-10(16(19)20)6-5-9(15-11)12(17)18/h1-6H,(H,14,15)(H,17,18). The van der Waals surface area contributed by atoms with Gasteiger partial charge in [-0.05, 0) is 40.8 Å². The number of anilines is 2. The Hall–Kier alpha value is -2.23. The number of nitrogens with zero attached hydrogens (tertiary/aromatic N) is 2. The van der Waals surface area contributed by atoms with Gasteiger partial charge in [-0.2, -0.15) is 0 Å². The van der Waals surface area contributed by atoms with E-state index < -0.39 is 10.9 Å². The zero-order valence-electron chi connectivity index (χ0n) is 9.91. The van der Waals surface area contributed by atoms with Gasteiger partial charge in [0.2, 0.25) is 5.82 Å². The molecule has 0 aliphatic carbocycles. The molecule has 102 valence electrons. The van der Waals surface area contributed by atoms with Gasteiger partial charge in [0.1, 0.15) is 0 Å². The normalized spacial score (nSPS) is 10.1. The first kappa shape index (κ1) is 14.2. The number of carboxylic acids is 1. The molecule has 0 aliphatic rings. The summed E-state index contributed by atoms with van der Waals surface area (Å²) in [6.07, 6.45) is 0. The Kier molecular flexibility index (Phi) is 4.13. The third-order valence-corrected chi connectivity index (χ3v) is 3.36. The molecule has 8 heteroatoms. The second-order valence-corrected chi connectivity index (χ2v) is 4.89. The van der Waals surface area contributed by atoms with Gasteiger partial charge in [0.05, 0.1) is 10.6 Å². The Labute approximate surface area is 126 Å². The second kappa shape index (κ2) is 5.82. The summed E-state index contributed by atoms with van der Waals surface area (Å²) >= 11 is 2.06. The van der Waals surface area contributed by atoms with Crippen LogP contribution >= 0.6 is 22.6 Å². The highest BCUT2D eigenvalue weighted by Gasteiger charge is 2.19. The molecular formula is C12H8IN3O4. The van der Waals surface area contributed by atoms with Crippen molar-refractivity contribution >= 4 is 45.8 Å². The quantitative estimate of drug-likeness (QED) is 0.476. The van der Waals surface area contributed by atoms with E-state index in [1.54, 1.807) is 12.1 Å². The van der Waals surface area contributed by atoms with E-state index in [0.29, 0.717) is 5.69 Å². The van der Waals surface area contributed by atoms with Crippen LogP contribution in [0.15, 0.2) is 36.4 Å². The molecule has 2 rings (SSSR count). The molecule has 0 radical (unpaired) electrons. The number of aromatic carboxylic acids is 1. The molecule has 1 aromatic heterocycles. The van der Waals surface area contributed by atoms with Gasteiger partial charge < -0.3 is 10.4 Å². The molecule has 7 nitrogen and oxygen atoms in total. The summed E-state index contributed by atoms with van der Waals surface area (Å²) in [6.45, 7) is 0. The molecule has 2 N–H and O–H groups in total. The molecule has 1 heterocycles. The zero-order valence-corrected chi connectivity index (χ0v) is 12.1. The lowest BCUT2D eigenvalue weighted by Gasteiger charge is -2.08. The van der Waals surface area contributed by atoms with E-state index >= 15 is 0 Å². The SMILES string of the molecule is O=C(O)c1ccc([N+](=O)[O-])c(Nc2ccccc2I)n1. The maximum Gasteiger partial charge on any atom is 0.354 e. The number of hydrogen-bond donors (Lipinski definition) is 2. The number of nitrogens with one attached hydrogen (secondary N) is 1. The fourth-order valence-electron chi connectivity index (χ4n) is 1.50. The number of rotatable bonds is 4. The van der Waals surface area contributed by atoms with Crippen LogP contribution in [0.25, 0.3) is 0 Å². The molecule has 0 fully saturated rings. The molecule has 0 unspecified atom stereocenters. The van der Waals surface area contributed by atoms with Gasteiger partial charge >= 0.3 is 11.7 Å². The maximum atomic E-state index is 11.0. The van der Waals surface area contributed by atoms with Gasteiger partial charge in [0, 0.05) is 9.64 Å². The molecule has 0 aliphatic heterocycles. The van der Waals surface area contributed by atoms with Crippen LogP contribution < -0.4 is 5.32 Å². The van der Waals surface area contributed by atoms with Crippen LogP contribution in [-0.2, 0) is 0 Å². The van der Waals surface area contributed by atoms with Crippen molar-refractivity contribution in [3.63, 3.8) is 0 Å². The van der Waals surface area contributed by atoms with E-state index in [1.165, 1.54) is 0 Å². The number of nitro groups is 1. The van der Waals surface area contributed by atoms with Gasteiger partial charge in [-0.25, -0.2) is 9.78 Å². The summed E-state index contributed by atoms with van der Waals surface area (Å²) < 4.78 is 0.835. The van der Waals surface area contributed by atoms with E-state index in [1.807, 2.05) is 12.1 Å². The monoisotopic (exact) mass is 385 g/mol. The summed E-state index contributed by atoms with van der Waals surface area (Å²) in [7, 11) is 0. The van der Waals surface area contributed by atoms with Crippen LogP contribution in [-0.4, -0.2) is 21.0 Å². The van der Waals surface area contributed by atoms with Crippen molar-refractivity contribution in [1.29, 1.82) is 0 Å². The Balaban J connectivity index is 2.48.